The Balaban J connectivity index is 2.03. The van der Waals surface area contributed by atoms with Gasteiger partial charge in [0.25, 0.3) is 5.91 Å². The van der Waals surface area contributed by atoms with Crippen LogP contribution in [0.25, 0.3) is 0 Å². The predicted molar refractivity (Wildman–Crippen MR) is 66.7 cm³/mol. The second kappa shape index (κ2) is 4.85. The Morgan fingerprint density at radius 2 is 2.53 bits per heavy atom. The van der Waals surface area contributed by atoms with E-state index in [0.717, 1.165) is 28.9 Å². The van der Waals surface area contributed by atoms with E-state index in [0.29, 0.717) is 11.8 Å². The van der Waals surface area contributed by atoms with Crippen LogP contribution in [0.3, 0.4) is 0 Å². The van der Waals surface area contributed by atoms with E-state index in [-0.39, 0.29) is 5.91 Å². The molecule has 1 fully saturated rings. The van der Waals surface area contributed by atoms with Crippen LogP contribution in [0.5, 0.6) is 0 Å². The van der Waals surface area contributed by atoms with Crippen molar-refractivity contribution >= 4 is 44.8 Å². The number of hydrogen-bond acceptors (Lipinski definition) is 2. The Morgan fingerprint density at radius 3 is 3.07 bits per heavy atom. The first kappa shape index (κ1) is 11.4. The van der Waals surface area contributed by atoms with E-state index in [4.69, 9.17) is 11.6 Å². The molecule has 82 valence electrons. The molecule has 1 saturated heterocycles. The standard InChI is InChI=1S/C10H11BrClNOS/c11-9-3-8(6-15-9)10(14)13-2-1-7(4-12)5-13/h3,6-7H,1-2,4-5H2. The zero-order valence-corrected chi connectivity index (χ0v) is 11.2. The monoisotopic (exact) mass is 307 g/mol. The van der Waals surface area contributed by atoms with E-state index in [1.54, 1.807) is 11.3 Å². The van der Waals surface area contributed by atoms with Crippen molar-refractivity contribution in [2.75, 3.05) is 19.0 Å². The minimum atomic E-state index is 0.129. The maximum absolute atomic E-state index is 12.0. The maximum Gasteiger partial charge on any atom is 0.254 e. The lowest BCUT2D eigenvalue weighted by Gasteiger charge is -2.14. The zero-order valence-electron chi connectivity index (χ0n) is 8.08. The number of nitrogens with zero attached hydrogens (tertiary/aromatic N) is 1. The molecule has 1 unspecified atom stereocenters. The number of halogens is 2. The fraction of sp³-hybridized carbons (Fsp3) is 0.500. The van der Waals surface area contributed by atoms with E-state index in [1.807, 2.05) is 16.3 Å². The number of amides is 1. The smallest absolute Gasteiger partial charge is 0.254 e. The highest BCUT2D eigenvalue weighted by molar-refractivity contribution is 9.11. The molecule has 1 amide bonds. The van der Waals surface area contributed by atoms with E-state index in [1.165, 1.54) is 0 Å². The summed E-state index contributed by atoms with van der Waals surface area (Å²) >= 11 is 10.7. The topological polar surface area (TPSA) is 20.3 Å². The van der Waals surface area contributed by atoms with Gasteiger partial charge in [-0.25, -0.2) is 0 Å². The summed E-state index contributed by atoms with van der Waals surface area (Å²) < 4.78 is 0.999. The van der Waals surface area contributed by atoms with Crippen LogP contribution in [-0.4, -0.2) is 29.8 Å². The van der Waals surface area contributed by atoms with Gasteiger partial charge in [0.2, 0.25) is 0 Å². The fourth-order valence-corrected chi connectivity index (χ4v) is 3.13. The van der Waals surface area contributed by atoms with Gasteiger partial charge in [0.05, 0.1) is 9.35 Å². The number of hydrogen-bond donors (Lipinski definition) is 0. The Hall–Kier alpha value is -0.0600. The van der Waals surface area contributed by atoms with Crippen molar-refractivity contribution in [2.24, 2.45) is 5.92 Å². The van der Waals surface area contributed by atoms with Crippen molar-refractivity contribution in [3.8, 4) is 0 Å². The molecule has 0 aromatic carbocycles. The van der Waals surface area contributed by atoms with Crippen molar-refractivity contribution < 1.29 is 4.79 Å². The van der Waals surface area contributed by atoms with Gasteiger partial charge in [0, 0.05) is 24.3 Å². The first-order valence-corrected chi connectivity index (χ1v) is 7.00. The molecule has 2 heterocycles. The molecule has 0 radical (unpaired) electrons. The third-order valence-corrected chi connectivity index (χ3v) is 4.55. The Morgan fingerprint density at radius 1 is 1.73 bits per heavy atom. The molecule has 0 aliphatic carbocycles. The normalized spacial score (nSPS) is 20.9. The summed E-state index contributed by atoms with van der Waals surface area (Å²) in [5.41, 5.74) is 0.780. The summed E-state index contributed by atoms with van der Waals surface area (Å²) in [6.45, 7) is 1.64. The molecule has 0 spiro atoms. The molecular weight excluding hydrogens is 298 g/mol. The van der Waals surface area contributed by atoms with E-state index in [9.17, 15) is 4.79 Å². The summed E-state index contributed by atoms with van der Waals surface area (Å²) in [7, 11) is 0. The summed E-state index contributed by atoms with van der Waals surface area (Å²) in [6, 6.07) is 1.88. The summed E-state index contributed by atoms with van der Waals surface area (Å²) in [5, 5.41) is 1.89. The van der Waals surface area contributed by atoms with Crippen molar-refractivity contribution in [1.29, 1.82) is 0 Å². The number of carbonyl (C=O) groups excluding carboxylic acids is 1. The van der Waals surface area contributed by atoms with Crippen LogP contribution < -0.4 is 0 Å². The van der Waals surface area contributed by atoms with Crippen LogP contribution in [0.1, 0.15) is 16.8 Å². The third kappa shape index (κ3) is 2.55. The van der Waals surface area contributed by atoms with Gasteiger partial charge < -0.3 is 4.90 Å². The van der Waals surface area contributed by atoms with E-state index in [2.05, 4.69) is 15.9 Å². The van der Waals surface area contributed by atoms with Crippen LogP contribution in [-0.2, 0) is 0 Å². The number of rotatable bonds is 2. The van der Waals surface area contributed by atoms with Gasteiger partial charge in [-0.05, 0) is 34.3 Å². The molecule has 0 bridgehead atoms. The molecule has 15 heavy (non-hydrogen) atoms. The van der Waals surface area contributed by atoms with E-state index < -0.39 is 0 Å². The van der Waals surface area contributed by atoms with Crippen molar-refractivity contribution in [3.63, 3.8) is 0 Å². The van der Waals surface area contributed by atoms with Gasteiger partial charge in [-0.1, -0.05) is 0 Å². The second-order valence-electron chi connectivity index (χ2n) is 3.70. The minimum Gasteiger partial charge on any atom is -0.338 e. The van der Waals surface area contributed by atoms with Crippen LogP contribution in [0.15, 0.2) is 15.2 Å². The molecule has 1 aliphatic rings. The van der Waals surface area contributed by atoms with Crippen LogP contribution >= 0.6 is 38.9 Å². The highest BCUT2D eigenvalue weighted by atomic mass is 79.9. The predicted octanol–water partition coefficient (Wildman–Crippen LogP) is 3.21. The lowest BCUT2D eigenvalue weighted by atomic mass is 10.2. The average Bonchev–Trinajstić information content (AvgIpc) is 2.84. The SMILES string of the molecule is O=C(c1csc(Br)c1)N1CCC(CCl)C1. The molecule has 2 rings (SSSR count). The lowest BCUT2D eigenvalue weighted by Crippen LogP contribution is -2.28. The highest BCUT2D eigenvalue weighted by Gasteiger charge is 2.26. The van der Waals surface area contributed by atoms with Crippen LogP contribution in [0.4, 0.5) is 0 Å². The summed E-state index contributed by atoms with van der Waals surface area (Å²) in [5.74, 6) is 1.25. The zero-order chi connectivity index (χ0) is 10.8. The summed E-state index contributed by atoms with van der Waals surface area (Å²) in [4.78, 5) is 13.9. The number of thiophene rings is 1. The van der Waals surface area contributed by atoms with E-state index >= 15 is 0 Å². The highest BCUT2D eigenvalue weighted by Crippen LogP contribution is 2.24. The number of carbonyl (C=O) groups is 1. The van der Waals surface area contributed by atoms with Gasteiger partial charge in [0.1, 0.15) is 0 Å². The van der Waals surface area contributed by atoms with Crippen molar-refractivity contribution in [1.82, 2.24) is 4.90 Å². The molecule has 0 N–H and O–H groups in total. The number of alkyl halides is 1. The molecule has 0 saturated carbocycles. The molecule has 1 aromatic rings. The first-order chi connectivity index (χ1) is 7.20. The van der Waals surface area contributed by atoms with Crippen LogP contribution in [0.2, 0.25) is 0 Å². The first-order valence-electron chi connectivity index (χ1n) is 4.80. The van der Waals surface area contributed by atoms with Crippen molar-refractivity contribution in [3.05, 3.63) is 20.8 Å². The molecule has 1 atom stereocenters. The van der Waals surface area contributed by atoms with Crippen molar-refractivity contribution in [2.45, 2.75) is 6.42 Å². The maximum atomic E-state index is 12.0. The van der Waals surface area contributed by atoms with Gasteiger partial charge in [-0.3, -0.25) is 4.79 Å². The molecule has 2 nitrogen and oxygen atoms in total. The van der Waals surface area contributed by atoms with Gasteiger partial charge in [0.15, 0.2) is 0 Å². The summed E-state index contributed by atoms with van der Waals surface area (Å²) in [6.07, 6.45) is 1.03. The second-order valence-corrected chi connectivity index (χ2v) is 6.30. The molecular formula is C10H11BrClNOS. The van der Waals surface area contributed by atoms with Crippen LogP contribution in [0, 0.1) is 5.92 Å². The Bertz CT molecular complexity index is 368. The largest absolute Gasteiger partial charge is 0.338 e. The van der Waals surface area contributed by atoms with Gasteiger partial charge >= 0.3 is 0 Å². The average molecular weight is 309 g/mol. The minimum absolute atomic E-state index is 0.129. The lowest BCUT2D eigenvalue weighted by molar-refractivity contribution is 0.0789. The third-order valence-electron chi connectivity index (χ3n) is 2.61. The fourth-order valence-electron chi connectivity index (χ4n) is 1.75. The van der Waals surface area contributed by atoms with Gasteiger partial charge in [-0.15, -0.1) is 22.9 Å². The molecule has 5 heteroatoms. The Labute approximate surface area is 106 Å². The molecule has 1 aliphatic heterocycles. The Kier molecular flexibility index (Phi) is 3.69. The number of likely N-dealkylation sites (tertiary alicyclic amines) is 1. The van der Waals surface area contributed by atoms with Gasteiger partial charge in [-0.2, -0.15) is 0 Å². The quantitative estimate of drug-likeness (QED) is 0.768. The molecule has 1 aromatic heterocycles.